The third kappa shape index (κ3) is 3.19. The van der Waals surface area contributed by atoms with Crippen LogP contribution in [0, 0.1) is 5.92 Å². The summed E-state index contributed by atoms with van der Waals surface area (Å²) in [7, 11) is 0. The highest BCUT2D eigenvalue weighted by molar-refractivity contribution is 7.12. The summed E-state index contributed by atoms with van der Waals surface area (Å²) in [6, 6.07) is 3.26. The van der Waals surface area contributed by atoms with Crippen LogP contribution in [0.25, 0.3) is 0 Å². The van der Waals surface area contributed by atoms with E-state index < -0.39 is 6.04 Å². The van der Waals surface area contributed by atoms with Gasteiger partial charge in [0.25, 0.3) is 5.91 Å². The minimum atomic E-state index is -0.449. The van der Waals surface area contributed by atoms with Crippen molar-refractivity contribution in [1.29, 1.82) is 0 Å². The summed E-state index contributed by atoms with van der Waals surface area (Å²) in [4.78, 5) is 28.7. The van der Waals surface area contributed by atoms with Crippen LogP contribution in [-0.4, -0.2) is 53.8 Å². The minimum absolute atomic E-state index is 0.0109. The summed E-state index contributed by atoms with van der Waals surface area (Å²) < 4.78 is 0. The summed E-state index contributed by atoms with van der Waals surface area (Å²) in [6.45, 7) is 6.17. The fourth-order valence-corrected chi connectivity index (χ4v) is 2.87. The zero-order valence-corrected chi connectivity index (χ0v) is 12.7. The summed E-state index contributed by atoms with van der Waals surface area (Å²) in [6.07, 6.45) is 0. The third-order valence-electron chi connectivity index (χ3n) is 3.61. The zero-order chi connectivity index (χ0) is 14.7. The van der Waals surface area contributed by atoms with Crippen LogP contribution in [0.3, 0.4) is 0 Å². The highest BCUT2D eigenvalue weighted by Crippen LogP contribution is 2.14. The van der Waals surface area contributed by atoms with E-state index in [-0.39, 0.29) is 17.7 Å². The summed E-state index contributed by atoms with van der Waals surface area (Å²) in [5.74, 6) is 0.178. The summed E-state index contributed by atoms with van der Waals surface area (Å²) >= 11 is 1.45. The first-order chi connectivity index (χ1) is 9.50. The molecule has 1 saturated heterocycles. The van der Waals surface area contributed by atoms with E-state index in [1.165, 1.54) is 11.3 Å². The van der Waals surface area contributed by atoms with Crippen LogP contribution in [0.5, 0.6) is 0 Å². The first kappa shape index (κ1) is 15.0. The van der Waals surface area contributed by atoms with Crippen molar-refractivity contribution in [3.8, 4) is 0 Å². The van der Waals surface area contributed by atoms with Gasteiger partial charge in [-0.1, -0.05) is 19.9 Å². The third-order valence-corrected chi connectivity index (χ3v) is 4.47. The van der Waals surface area contributed by atoms with E-state index >= 15 is 0 Å². The van der Waals surface area contributed by atoms with Crippen molar-refractivity contribution < 1.29 is 9.59 Å². The number of nitrogens with zero attached hydrogens (tertiary/aromatic N) is 2. The SMILES string of the molecule is CC(C)[C@H](N)C(=O)N1CCN(C(=O)c2cccs2)CC1. The fraction of sp³-hybridized carbons (Fsp3) is 0.571. The molecule has 1 fully saturated rings. The van der Waals surface area contributed by atoms with Crippen molar-refractivity contribution >= 4 is 23.2 Å². The molecule has 0 bridgehead atoms. The van der Waals surface area contributed by atoms with Gasteiger partial charge < -0.3 is 15.5 Å². The quantitative estimate of drug-likeness (QED) is 0.905. The Morgan fingerprint density at radius 3 is 2.30 bits per heavy atom. The van der Waals surface area contributed by atoms with Crippen molar-refractivity contribution in [2.75, 3.05) is 26.2 Å². The van der Waals surface area contributed by atoms with Gasteiger partial charge in [-0.2, -0.15) is 0 Å². The molecule has 0 aliphatic carbocycles. The van der Waals surface area contributed by atoms with E-state index in [1.54, 1.807) is 9.80 Å². The second-order valence-electron chi connectivity index (χ2n) is 5.36. The lowest BCUT2D eigenvalue weighted by atomic mass is 10.0. The monoisotopic (exact) mass is 295 g/mol. The Hall–Kier alpha value is -1.40. The van der Waals surface area contributed by atoms with Crippen molar-refractivity contribution in [3.63, 3.8) is 0 Å². The number of hydrogen-bond acceptors (Lipinski definition) is 4. The maximum Gasteiger partial charge on any atom is 0.264 e. The van der Waals surface area contributed by atoms with Gasteiger partial charge >= 0.3 is 0 Å². The Labute approximate surface area is 123 Å². The first-order valence-corrected chi connectivity index (χ1v) is 7.76. The second-order valence-corrected chi connectivity index (χ2v) is 6.31. The molecular weight excluding hydrogens is 274 g/mol. The van der Waals surface area contributed by atoms with Crippen LogP contribution in [0.4, 0.5) is 0 Å². The molecule has 1 aromatic heterocycles. The van der Waals surface area contributed by atoms with Crippen LogP contribution in [0.15, 0.2) is 17.5 Å². The van der Waals surface area contributed by atoms with Crippen molar-refractivity contribution in [2.24, 2.45) is 11.7 Å². The molecule has 5 nitrogen and oxygen atoms in total. The number of rotatable bonds is 3. The Balaban J connectivity index is 1.89. The van der Waals surface area contributed by atoms with E-state index in [2.05, 4.69) is 0 Å². The van der Waals surface area contributed by atoms with Gasteiger partial charge in [0, 0.05) is 26.2 Å². The van der Waals surface area contributed by atoms with Gasteiger partial charge in [0.2, 0.25) is 5.91 Å². The number of hydrogen-bond donors (Lipinski definition) is 1. The molecule has 0 unspecified atom stereocenters. The van der Waals surface area contributed by atoms with E-state index in [4.69, 9.17) is 5.73 Å². The second kappa shape index (κ2) is 6.37. The highest BCUT2D eigenvalue weighted by atomic mass is 32.1. The normalized spacial score (nSPS) is 17.4. The summed E-state index contributed by atoms with van der Waals surface area (Å²) in [5, 5.41) is 1.90. The molecule has 6 heteroatoms. The maximum absolute atomic E-state index is 12.2. The van der Waals surface area contributed by atoms with Gasteiger partial charge in [0.15, 0.2) is 0 Å². The van der Waals surface area contributed by atoms with Crippen molar-refractivity contribution in [3.05, 3.63) is 22.4 Å². The molecule has 20 heavy (non-hydrogen) atoms. The Morgan fingerprint density at radius 1 is 1.20 bits per heavy atom. The molecule has 110 valence electrons. The lowest BCUT2D eigenvalue weighted by molar-refractivity contribution is -0.135. The standard InChI is InChI=1S/C14H21N3O2S/c1-10(2)12(15)14(19)17-7-5-16(6-8-17)13(18)11-4-3-9-20-11/h3-4,9-10,12H,5-8,15H2,1-2H3/t12-/m0/s1. The molecule has 0 saturated carbocycles. The van der Waals surface area contributed by atoms with Gasteiger partial charge in [-0.15, -0.1) is 11.3 Å². The van der Waals surface area contributed by atoms with Gasteiger partial charge in [-0.05, 0) is 17.4 Å². The number of carbonyl (C=O) groups excluding carboxylic acids is 2. The highest BCUT2D eigenvalue weighted by Gasteiger charge is 2.28. The number of carbonyl (C=O) groups is 2. The molecule has 1 aliphatic rings. The van der Waals surface area contributed by atoms with Gasteiger partial charge in [-0.3, -0.25) is 9.59 Å². The van der Waals surface area contributed by atoms with Crippen LogP contribution in [0.2, 0.25) is 0 Å². The van der Waals surface area contributed by atoms with Crippen molar-refractivity contribution in [2.45, 2.75) is 19.9 Å². The number of amides is 2. The molecule has 1 aromatic rings. The molecule has 2 amide bonds. The van der Waals surface area contributed by atoms with Gasteiger partial charge in [-0.25, -0.2) is 0 Å². The average Bonchev–Trinajstić information content (AvgIpc) is 2.99. The molecule has 2 N–H and O–H groups in total. The topological polar surface area (TPSA) is 66.6 Å². The Bertz CT molecular complexity index is 465. The van der Waals surface area contributed by atoms with Crippen LogP contribution in [0.1, 0.15) is 23.5 Å². The molecule has 1 atom stereocenters. The van der Waals surface area contributed by atoms with Gasteiger partial charge in [0.1, 0.15) is 0 Å². The molecule has 0 radical (unpaired) electrons. The predicted octanol–water partition coefficient (Wildman–Crippen LogP) is 1.02. The number of nitrogens with two attached hydrogens (primary N) is 1. The first-order valence-electron chi connectivity index (χ1n) is 6.88. The molecule has 1 aliphatic heterocycles. The number of thiophene rings is 1. The van der Waals surface area contributed by atoms with E-state index in [1.807, 2.05) is 31.4 Å². The van der Waals surface area contributed by atoms with Crippen LogP contribution < -0.4 is 5.73 Å². The lowest BCUT2D eigenvalue weighted by Crippen LogP contribution is -2.55. The van der Waals surface area contributed by atoms with E-state index in [0.717, 1.165) is 4.88 Å². The van der Waals surface area contributed by atoms with Crippen LogP contribution >= 0.6 is 11.3 Å². The van der Waals surface area contributed by atoms with E-state index in [0.29, 0.717) is 26.2 Å². The fourth-order valence-electron chi connectivity index (χ4n) is 2.18. The largest absolute Gasteiger partial charge is 0.338 e. The molecular formula is C14H21N3O2S. The molecule has 2 heterocycles. The smallest absolute Gasteiger partial charge is 0.264 e. The molecule has 0 aromatic carbocycles. The maximum atomic E-state index is 12.2. The van der Waals surface area contributed by atoms with Crippen molar-refractivity contribution in [1.82, 2.24) is 9.80 Å². The lowest BCUT2D eigenvalue weighted by Gasteiger charge is -2.36. The van der Waals surface area contributed by atoms with E-state index in [9.17, 15) is 9.59 Å². The molecule has 2 rings (SSSR count). The predicted molar refractivity (Wildman–Crippen MR) is 79.6 cm³/mol. The zero-order valence-electron chi connectivity index (χ0n) is 11.9. The number of piperazine rings is 1. The van der Waals surface area contributed by atoms with Gasteiger partial charge in [0.05, 0.1) is 10.9 Å². The average molecular weight is 295 g/mol. The molecule has 0 spiro atoms. The minimum Gasteiger partial charge on any atom is -0.338 e. The summed E-state index contributed by atoms with van der Waals surface area (Å²) in [5.41, 5.74) is 5.89. The Kier molecular flexibility index (Phi) is 4.77. The Morgan fingerprint density at radius 2 is 1.80 bits per heavy atom. The van der Waals surface area contributed by atoms with Crippen LogP contribution in [-0.2, 0) is 4.79 Å².